The Morgan fingerprint density at radius 1 is 1.27 bits per heavy atom. The van der Waals surface area contributed by atoms with E-state index >= 15 is 0 Å². The molecule has 0 spiro atoms. The first-order valence-corrected chi connectivity index (χ1v) is 5.40. The first-order valence-electron chi connectivity index (χ1n) is 5.40. The molecule has 0 saturated heterocycles. The van der Waals surface area contributed by atoms with Crippen molar-refractivity contribution in [2.45, 2.75) is 39.3 Å². The minimum Gasteiger partial charge on any atom is -0.312 e. The molecule has 0 fully saturated rings. The summed E-state index contributed by atoms with van der Waals surface area (Å²) in [6.45, 7) is 8.74. The van der Waals surface area contributed by atoms with Gasteiger partial charge < -0.3 is 11.1 Å². The number of nitrogens with one attached hydrogen (secondary N) is 1. The molecule has 0 saturated carbocycles. The lowest BCUT2D eigenvalue weighted by atomic mass is 9.85. The molecule has 0 aliphatic carbocycles. The molecule has 1 aromatic rings. The van der Waals surface area contributed by atoms with Gasteiger partial charge in [0.05, 0.1) is 6.17 Å². The second-order valence-electron chi connectivity index (χ2n) is 5.09. The molecule has 1 rings (SSSR count). The minimum absolute atomic E-state index is 0.0766. The highest BCUT2D eigenvalue weighted by Gasteiger charge is 2.16. The predicted molar refractivity (Wildman–Crippen MR) is 65.9 cm³/mol. The van der Waals surface area contributed by atoms with Crippen molar-refractivity contribution in [3.63, 3.8) is 0 Å². The quantitative estimate of drug-likeness (QED) is 0.730. The van der Waals surface area contributed by atoms with Crippen molar-refractivity contribution >= 4 is 0 Å². The Hall–Kier alpha value is -0.860. The molecule has 0 bridgehead atoms. The minimum atomic E-state index is -0.0766. The Morgan fingerprint density at radius 2 is 1.87 bits per heavy atom. The van der Waals surface area contributed by atoms with Crippen molar-refractivity contribution in [3.05, 3.63) is 34.9 Å². The molecule has 2 nitrogen and oxygen atoms in total. The van der Waals surface area contributed by atoms with E-state index in [4.69, 9.17) is 5.73 Å². The van der Waals surface area contributed by atoms with Crippen LogP contribution in [0, 0.1) is 6.92 Å². The van der Waals surface area contributed by atoms with Gasteiger partial charge in [-0.15, -0.1) is 0 Å². The molecular weight excluding hydrogens is 184 g/mol. The van der Waals surface area contributed by atoms with Crippen LogP contribution in [0.1, 0.15) is 43.6 Å². The molecule has 0 aromatic heterocycles. The van der Waals surface area contributed by atoms with Gasteiger partial charge in [0.1, 0.15) is 0 Å². The van der Waals surface area contributed by atoms with E-state index in [0.29, 0.717) is 0 Å². The van der Waals surface area contributed by atoms with Gasteiger partial charge in [-0.1, -0.05) is 39.0 Å². The Morgan fingerprint density at radius 3 is 2.33 bits per heavy atom. The maximum absolute atomic E-state index is 6.00. The third kappa shape index (κ3) is 2.80. The summed E-state index contributed by atoms with van der Waals surface area (Å²) in [6.07, 6.45) is -0.0766. The standard InChI is InChI=1S/C13H22N2/c1-9-6-7-10(13(2,3)4)8-11(9)12(14)15-5/h6-8,12,15H,14H2,1-5H3. The van der Waals surface area contributed by atoms with Crippen LogP contribution in [0.5, 0.6) is 0 Å². The van der Waals surface area contributed by atoms with E-state index in [1.165, 1.54) is 16.7 Å². The van der Waals surface area contributed by atoms with Gasteiger partial charge in [-0.2, -0.15) is 0 Å². The van der Waals surface area contributed by atoms with Gasteiger partial charge in [-0.05, 0) is 36.1 Å². The van der Waals surface area contributed by atoms with Crippen molar-refractivity contribution < 1.29 is 0 Å². The first-order chi connectivity index (χ1) is 6.86. The summed E-state index contributed by atoms with van der Waals surface area (Å²) in [5, 5.41) is 3.08. The maximum Gasteiger partial charge on any atom is 0.0810 e. The lowest BCUT2D eigenvalue weighted by molar-refractivity contribution is 0.579. The van der Waals surface area contributed by atoms with Gasteiger partial charge in [-0.25, -0.2) is 0 Å². The molecule has 0 heterocycles. The fourth-order valence-electron chi connectivity index (χ4n) is 1.60. The van der Waals surface area contributed by atoms with Crippen molar-refractivity contribution in [2.75, 3.05) is 7.05 Å². The van der Waals surface area contributed by atoms with Crippen LogP contribution in [0.15, 0.2) is 18.2 Å². The van der Waals surface area contributed by atoms with Crippen molar-refractivity contribution in [1.82, 2.24) is 5.32 Å². The number of aryl methyl sites for hydroxylation is 1. The molecule has 15 heavy (non-hydrogen) atoms. The second-order valence-corrected chi connectivity index (χ2v) is 5.09. The van der Waals surface area contributed by atoms with Gasteiger partial charge in [0.15, 0.2) is 0 Å². The van der Waals surface area contributed by atoms with E-state index in [9.17, 15) is 0 Å². The third-order valence-electron chi connectivity index (χ3n) is 2.79. The second kappa shape index (κ2) is 4.33. The number of benzene rings is 1. The van der Waals surface area contributed by atoms with Crippen LogP contribution < -0.4 is 11.1 Å². The van der Waals surface area contributed by atoms with Gasteiger partial charge in [0.2, 0.25) is 0 Å². The van der Waals surface area contributed by atoms with Crippen LogP contribution >= 0.6 is 0 Å². The molecule has 1 atom stereocenters. The number of nitrogens with two attached hydrogens (primary N) is 1. The average molecular weight is 206 g/mol. The van der Waals surface area contributed by atoms with Crippen LogP contribution in [-0.2, 0) is 5.41 Å². The topological polar surface area (TPSA) is 38.0 Å². The smallest absolute Gasteiger partial charge is 0.0810 e. The van der Waals surface area contributed by atoms with Crippen LogP contribution in [0.3, 0.4) is 0 Å². The highest BCUT2D eigenvalue weighted by atomic mass is 15.0. The van der Waals surface area contributed by atoms with E-state index < -0.39 is 0 Å². The zero-order valence-electron chi connectivity index (χ0n) is 10.4. The van der Waals surface area contributed by atoms with E-state index in [-0.39, 0.29) is 11.6 Å². The van der Waals surface area contributed by atoms with Crippen molar-refractivity contribution in [2.24, 2.45) is 5.73 Å². The number of hydrogen-bond acceptors (Lipinski definition) is 2. The zero-order chi connectivity index (χ0) is 11.6. The van der Waals surface area contributed by atoms with Crippen molar-refractivity contribution in [1.29, 1.82) is 0 Å². The lowest BCUT2D eigenvalue weighted by Crippen LogP contribution is -2.26. The van der Waals surface area contributed by atoms with Crippen LogP contribution in [0.4, 0.5) is 0 Å². The summed E-state index contributed by atoms with van der Waals surface area (Å²) in [5.74, 6) is 0. The highest BCUT2D eigenvalue weighted by molar-refractivity contribution is 5.36. The monoisotopic (exact) mass is 206 g/mol. The molecule has 0 amide bonds. The van der Waals surface area contributed by atoms with Gasteiger partial charge in [-0.3, -0.25) is 0 Å². The van der Waals surface area contributed by atoms with Crippen molar-refractivity contribution in [3.8, 4) is 0 Å². The molecule has 1 aromatic carbocycles. The Balaban J connectivity index is 3.17. The average Bonchev–Trinajstić information content (AvgIpc) is 2.15. The SMILES string of the molecule is CNC(N)c1cc(C(C)(C)C)ccc1C. The van der Waals surface area contributed by atoms with Gasteiger partial charge in [0.25, 0.3) is 0 Å². The van der Waals surface area contributed by atoms with Gasteiger partial charge in [0, 0.05) is 0 Å². The first kappa shape index (κ1) is 12.2. The fraction of sp³-hybridized carbons (Fsp3) is 0.538. The number of hydrogen-bond donors (Lipinski definition) is 2. The van der Waals surface area contributed by atoms with Gasteiger partial charge >= 0.3 is 0 Å². The van der Waals surface area contributed by atoms with Crippen LogP contribution in [-0.4, -0.2) is 7.05 Å². The van der Waals surface area contributed by atoms with Crippen LogP contribution in [0.25, 0.3) is 0 Å². The van der Waals surface area contributed by atoms with E-state index in [0.717, 1.165) is 0 Å². The summed E-state index contributed by atoms with van der Waals surface area (Å²) >= 11 is 0. The molecular formula is C13H22N2. The van der Waals surface area contributed by atoms with E-state index in [1.807, 2.05) is 7.05 Å². The molecule has 1 unspecified atom stereocenters. The van der Waals surface area contributed by atoms with E-state index in [1.54, 1.807) is 0 Å². The molecule has 0 aliphatic heterocycles. The maximum atomic E-state index is 6.00. The Labute approximate surface area is 92.9 Å². The molecule has 84 valence electrons. The summed E-state index contributed by atoms with van der Waals surface area (Å²) in [4.78, 5) is 0. The molecule has 0 aliphatic rings. The highest BCUT2D eigenvalue weighted by Crippen LogP contribution is 2.25. The Bertz CT molecular complexity index is 337. The molecule has 3 N–H and O–H groups in total. The summed E-state index contributed by atoms with van der Waals surface area (Å²) < 4.78 is 0. The predicted octanol–water partition coefficient (Wildman–Crippen LogP) is 2.47. The summed E-state index contributed by atoms with van der Waals surface area (Å²) in [6, 6.07) is 6.53. The summed E-state index contributed by atoms with van der Waals surface area (Å²) in [7, 11) is 1.88. The molecule has 0 radical (unpaired) electrons. The van der Waals surface area contributed by atoms with E-state index in [2.05, 4.69) is 51.2 Å². The normalized spacial score (nSPS) is 14.0. The Kier molecular flexibility index (Phi) is 3.53. The fourth-order valence-corrected chi connectivity index (χ4v) is 1.60. The van der Waals surface area contributed by atoms with Crippen LogP contribution in [0.2, 0.25) is 0 Å². The third-order valence-corrected chi connectivity index (χ3v) is 2.79. The number of rotatable bonds is 2. The molecule has 2 heteroatoms. The summed E-state index contributed by atoms with van der Waals surface area (Å²) in [5.41, 5.74) is 9.93. The largest absolute Gasteiger partial charge is 0.312 e. The zero-order valence-corrected chi connectivity index (χ0v) is 10.4. The lowest BCUT2D eigenvalue weighted by Gasteiger charge is -2.22.